The Morgan fingerprint density at radius 2 is 1.19 bits per heavy atom. The van der Waals surface area contributed by atoms with Crippen molar-refractivity contribution in [2.75, 3.05) is 0 Å². The fourth-order valence-electron chi connectivity index (χ4n) is 2.65. The second kappa shape index (κ2) is 14.2. The predicted octanol–water partition coefficient (Wildman–Crippen LogP) is 5.69. The Morgan fingerprint density at radius 1 is 0.703 bits per heavy atom. The number of rotatable bonds is 9. The highest BCUT2D eigenvalue weighted by Crippen LogP contribution is 2.28. The van der Waals surface area contributed by atoms with Crippen LogP contribution in [0.25, 0.3) is 0 Å². The average Bonchev–Trinajstić information content (AvgIpc) is 2.84. The van der Waals surface area contributed by atoms with Crippen molar-refractivity contribution in [2.24, 2.45) is 0 Å². The van der Waals surface area contributed by atoms with Crippen molar-refractivity contribution < 1.29 is 48.8 Å². The van der Waals surface area contributed by atoms with Crippen LogP contribution in [0.5, 0.6) is 0 Å². The van der Waals surface area contributed by atoms with Crippen molar-refractivity contribution >= 4 is 53.0 Å². The third-order valence-electron chi connectivity index (χ3n) is 5.00. The molecule has 200 valence electrons. The van der Waals surface area contributed by atoms with E-state index in [2.05, 4.69) is 0 Å². The maximum Gasteiger partial charge on any atom is 0.340 e. The second-order valence-corrected chi connectivity index (χ2v) is 8.52. The van der Waals surface area contributed by atoms with Crippen LogP contribution in [0.1, 0.15) is 92.3 Å². The largest absolute Gasteiger partial charge is 0.478 e. The van der Waals surface area contributed by atoms with Crippen LogP contribution in [0.2, 0.25) is 10.0 Å². The molecule has 0 saturated heterocycles. The van der Waals surface area contributed by atoms with Crippen molar-refractivity contribution in [1.29, 1.82) is 0 Å². The van der Waals surface area contributed by atoms with Gasteiger partial charge in [-0.15, -0.1) is 0 Å². The third-order valence-corrected chi connectivity index (χ3v) is 5.63. The van der Waals surface area contributed by atoms with Crippen LogP contribution in [-0.2, 0) is 9.47 Å². The Bertz CT molecular complexity index is 1190. The van der Waals surface area contributed by atoms with Crippen LogP contribution in [0.4, 0.5) is 0 Å². The van der Waals surface area contributed by atoms with E-state index in [-0.39, 0.29) is 50.1 Å². The molecular formula is C25H26Cl2O10. The van der Waals surface area contributed by atoms with Gasteiger partial charge in [-0.25, -0.2) is 24.0 Å². The van der Waals surface area contributed by atoms with Crippen LogP contribution in [-0.4, -0.2) is 57.4 Å². The van der Waals surface area contributed by atoms with E-state index in [1.54, 1.807) is 13.8 Å². The number of esters is 2. The number of carbonyl (C=O) groups is 5. The van der Waals surface area contributed by atoms with Crippen molar-refractivity contribution in [1.82, 2.24) is 0 Å². The van der Waals surface area contributed by atoms with E-state index in [0.717, 1.165) is 12.1 Å². The van der Waals surface area contributed by atoms with E-state index < -0.39 is 29.8 Å². The number of ether oxygens (including phenoxy) is 2. The summed E-state index contributed by atoms with van der Waals surface area (Å²) < 4.78 is 10.1. The van der Waals surface area contributed by atoms with Gasteiger partial charge < -0.3 is 24.8 Å². The minimum Gasteiger partial charge on any atom is -0.478 e. The molecule has 37 heavy (non-hydrogen) atoms. The summed E-state index contributed by atoms with van der Waals surface area (Å²) in [6, 6.07) is 5.95. The molecule has 0 heterocycles. The van der Waals surface area contributed by atoms with Gasteiger partial charge in [0.2, 0.25) is 0 Å². The van der Waals surface area contributed by atoms with Crippen LogP contribution < -0.4 is 0 Å². The maximum absolute atomic E-state index is 11.9. The topological polar surface area (TPSA) is 164 Å². The lowest BCUT2D eigenvalue weighted by molar-refractivity contribution is 0.0320. The van der Waals surface area contributed by atoms with E-state index in [4.69, 9.17) is 48.0 Å². The van der Waals surface area contributed by atoms with Gasteiger partial charge in [0, 0.05) is 0 Å². The molecule has 0 aliphatic heterocycles. The Morgan fingerprint density at radius 3 is 1.62 bits per heavy atom. The summed E-state index contributed by atoms with van der Waals surface area (Å²) in [5.41, 5.74) is -1.28. The van der Waals surface area contributed by atoms with Gasteiger partial charge in [0.1, 0.15) is 0 Å². The molecule has 0 aliphatic rings. The number of carbonyl (C=O) groups excluding carboxylic acids is 2. The maximum atomic E-state index is 11.9. The summed E-state index contributed by atoms with van der Waals surface area (Å²) in [6.45, 7) is 7.06. The lowest BCUT2D eigenvalue weighted by Crippen LogP contribution is -2.18. The number of carboxylic acid groups (broad SMARTS) is 3. The first-order valence-corrected chi connectivity index (χ1v) is 11.7. The summed E-state index contributed by atoms with van der Waals surface area (Å²) >= 11 is 11.6. The molecule has 0 amide bonds. The predicted molar refractivity (Wildman–Crippen MR) is 134 cm³/mol. The van der Waals surface area contributed by atoms with Gasteiger partial charge in [-0.05, 0) is 57.0 Å². The number of carboxylic acids is 3. The van der Waals surface area contributed by atoms with Crippen LogP contribution in [0, 0.1) is 0 Å². The Kier molecular flexibility index (Phi) is 12.0. The SMILES string of the molecule is CCC(C)OC(=O)c1c(Cl)ccc(Cl)c1C(=O)O.CCC(C)OC(=O)c1ccc(C(=O)O)cc1C(=O)O. The molecule has 3 N–H and O–H groups in total. The second-order valence-electron chi connectivity index (χ2n) is 7.70. The zero-order chi connectivity index (χ0) is 28.4. The molecule has 2 unspecified atom stereocenters. The number of aromatic carboxylic acids is 3. The number of benzene rings is 2. The van der Waals surface area contributed by atoms with E-state index in [1.165, 1.54) is 18.2 Å². The van der Waals surface area contributed by atoms with E-state index >= 15 is 0 Å². The molecule has 0 aromatic heterocycles. The lowest BCUT2D eigenvalue weighted by Gasteiger charge is -2.13. The summed E-state index contributed by atoms with van der Waals surface area (Å²) in [4.78, 5) is 56.6. The molecule has 0 fully saturated rings. The van der Waals surface area contributed by atoms with E-state index in [9.17, 15) is 24.0 Å². The highest BCUT2D eigenvalue weighted by molar-refractivity contribution is 6.38. The quantitative estimate of drug-likeness (QED) is 0.327. The van der Waals surface area contributed by atoms with E-state index in [1.807, 2.05) is 13.8 Å². The third kappa shape index (κ3) is 8.76. The summed E-state index contributed by atoms with van der Waals surface area (Å²) in [6.07, 6.45) is 0.552. The Labute approximate surface area is 222 Å². The Hall–Kier alpha value is -3.63. The Balaban J connectivity index is 0.000000371. The fraction of sp³-hybridized carbons (Fsp3) is 0.320. The highest BCUT2D eigenvalue weighted by Gasteiger charge is 2.25. The first kappa shape index (κ1) is 31.4. The smallest absolute Gasteiger partial charge is 0.340 e. The summed E-state index contributed by atoms with van der Waals surface area (Å²) in [5, 5.41) is 26.8. The van der Waals surface area contributed by atoms with Crippen LogP contribution in [0.15, 0.2) is 30.3 Å². The van der Waals surface area contributed by atoms with Crippen molar-refractivity contribution in [3.8, 4) is 0 Å². The number of hydrogen-bond donors (Lipinski definition) is 3. The molecule has 0 bridgehead atoms. The zero-order valence-corrected chi connectivity index (χ0v) is 21.9. The standard InChI is InChI=1S/C13H14O6.C12H12Cl2O4/c1-3-7(2)19-13(18)9-5-4-8(11(14)15)6-10(9)12(16)17;1-3-6(2)18-12(17)10-8(14)5-4-7(13)9(10)11(15)16/h4-7H,3H2,1-2H3,(H,14,15)(H,16,17);4-6H,3H2,1-2H3,(H,15,16). The summed E-state index contributed by atoms with van der Waals surface area (Å²) in [5.74, 6) is -5.51. The van der Waals surface area contributed by atoms with Gasteiger partial charge in [-0.2, -0.15) is 0 Å². The molecule has 2 rings (SSSR count). The highest BCUT2D eigenvalue weighted by atomic mass is 35.5. The fourth-order valence-corrected chi connectivity index (χ4v) is 3.12. The van der Waals surface area contributed by atoms with Gasteiger partial charge in [-0.1, -0.05) is 37.0 Å². The zero-order valence-electron chi connectivity index (χ0n) is 20.4. The van der Waals surface area contributed by atoms with Crippen molar-refractivity contribution in [3.05, 3.63) is 68.2 Å². The molecule has 12 heteroatoms. The lowest BCUT2D eigenvalue weighted by atomic mass is 10.0. The van der Waals surface area contributed by atoms with Gasteiger partial charge in [0.25, 0.3) is 0 Å². The first-order chi connectivity index (χ1) is 17.2. The van der Waals surface area contributed by atoms with Crippen LogP contribution in [0.3, 0.4) is 0 Å². The molecule has 0 aliphatic carbocycles. The molecular weight excluding hydrogens is 531 g/mol. The molecule has 2 atom stereocenters. The van der Waals surface area contributed by atoms with Gasteiger partial charge in [-0.3, -0.25) is 0 Å². The molecule has 2 aromatic rings. The van der Waals surface area contributed by atoms with Gasteiger partial charge >= 0.3 is 29.8 Å². The van der Waals surface area contributed by atoms with E-state index in [0.29, 0.717) is 12.8 Å². The van der Waals surface area contributed by atoms with Crippen molar-refractivity contribution in [3.63, 3.8) is 0 Å². The number of halogens is 2. The van der Waals surface area contributed by atoms with Gasteiger partial charge in [0.05, 0.1) is 50.1 Å². The molecule has 10 nitrogen and oxygen atoms in total. The molecule has 0 saturated carbocycles. The number of hydrogen-bond acceptors (Lipinski definition) is 7. The normalized spacial score (nSPS) is 11.8. The monoisotopic (exact) mass is 556 g/mol. The van der Waals surface area contributed by atoms with Gasteiger partial charge in [0.15, 0.2) is 0 Å². The summed E-state index contributed by atoms with van der Waals surface area (Å²) in [7, 11) is 0. The minimum absolute atomic E-state index is 0.00473. The minimum atomic E-state index is -1.38. The molecule has 0 spiro atoms. The molecule has 2 aromatic carbocycles. The molecule has 0 radical (unpaired) electrons. The van der Waals surface area contributed by atoms with Crippen molar-refractivity contribution in [2.45, 2.75) is 52.7 Å². The van der Waals surface area contributed by atoms with Crippen LogP contribution >= 0.6 is 23.2 Å². The average molecular weight is 557 g/mol. The first-order valence-electron chi connectivity index (χ1n) is 11.0.